The minimum absolute atomic E-state index is 0.00433. The van der Waals surface area contributed by atoms with Crippen LogP contribution in [0.15, 0.2) is 0 Å². The molecule has 3 amide bonds. The van der Waals surface area contributed by atoms with Gasteiger partial charge >= 0.3 is 12.0 Å². The van der Waals surface area contributed by atoms with E-state index in [-0.39, 0.29) is 18.9 Å². The second-order valence-electron chi connectivity index (χ2n) is 5.45. The molecule has 19 heavy (non-hydrogen) atoms. The first-order chi connectivity index (χ1) is 8.70. The SMILES string of the molecule is CCC(CC)NC(=O)NC(=O)CC(C)(C)CC(=O)O. The van der Waals surface area contributed by atoms with Gasteiger partial charge in [-0.2, -0.15) is 0 Å². The number of imide groups is 1. The molecule has 0 radical (unpaired) electrons. The summed E-state index contributed by atoms with van der Waals surface area (Å²) in [5.41, 5.74) is -0.675. The molecule has 0 atom stereocenters. The Labute approximate surface area is 113 Å². The van der Waals surface area contributed by atoms with Gasteiger partial charge in [-0.25, -0.2) is 4.79 Å². The number of nitrogens with one attached hydrogen (secondary N) is 2. The third-order valence-electron chi connectivity index (χ3n) is 2.84. The lowest BCUT2D eigenvalue weighted by Crippen LogP contribution is -2.45. The van der Waals surface area contributed by atoms with Crippen LogP contribution in [0.1, 0.15) is 53.4 Å². The summed E-state index contributed by atoms with van der Waals surface area (Å²) in [6.07, 6.45) is 1.47. The van der Waals surface area contributed by atoms with Gasteiger partial charge in [0.05, 0.1) is 6.42 Å². The standard InChI is InChI=1S/C13H24N2O4/c1-5-9(6-2)14-12(19)15-10(16)7-13(3,4)8-11(17)18/h9H,5-8H2,1-4H3,(H,17,18)(H2,14,15,16,19). The molecule has 0 heterocycles. The van der Waals surface area contributed by atoms with Crippen LogP contribution in [0.4, 0.5) is 4.79 Å². The van der Waals surface area contributed by atoms with Crippen LogP contribution in [0.3, 0.4) is 0 Å². The van der Waals surface area contributed by atoms with Crippen molar-refractivity contribution in [2.75, 3.05) is 0 Å². The van der Waals surface area contributed by atoms with Crippen molar-refractivity contribution < 1.29 is 19.5 Å². The van der Waals surface area contributed by atoms with Gasteiger partial charge in [0, 0.05) is 12.5 Å². The lowest BCUT2D eigenvalue weighted by Gasteiger charge is -2.21. The molecule has 0 aromatic heterocycles. The molecule has 0 fully saturated rings. The number of carboxylic acid groups (broad SMARTS) is 1. The first-order valence-electron chi connectivity index (χ1n) is 6.52. The molecule has 0 aliphatic carbocycles. The van der Waals surface area contributed by atoms with Gasteiger partial charge in [0.25, 0.3) is 0 Å². The van der Waals surface area contributed by atoms with Crippen LogP contribution >= 0.6 is 0 Å². The normalized spacial score (nSPS) is 11.2. The van der Waals surface area contributed by atoms with E-state index in [4.69, 9.17) is 5.11 Å². The van der Waals surface area contributed by atoms with Crippen LogP contribution < -0.4 is 10.6 Å². The smallest absolute Gasteiger partial charge is 0.321 e. The summed E-state index contributed by atoms with van der Waals surface area (Å²) in [6.45, 7) is 7.26. The number of carbonyl (C=O) groups is 3. The molecule has 6 nitrogen and oxygen atoms in total. The number of aliphatic carboxylic acids is 1. The minimum atomic E-state index is -0.959. The van der Waals surface area contributed by atoms with Gasteiger partial charge in [-0.05, 0) is 18.3 Å². The second-order valence-corrected chi connectivity index (χ2v) is 5.45. The molecular formula is C13H24N2O4. The Morgan fingerprint density at radius 1 is 1.11 bits per heavy atom. The monoisotopic (exact) mass is 272 g/mol. The average molecular weight is 272 g/mol. The fourth-order valence-electron chi connectivity index (χ4n) is 1.79. The summed E-state index contributed by atoms with van der Waals surface area (Å²) < 4.78 is 0. The van der Waals surface area contributed by atoms with Crippen molar-refractivity contribution in [1.29, 1.82) is 0 Å². The molecular weight excluding hydrogens is 248 g/mol. The van der Waals surface area contributed by atoms with Crippen LogP contribution in [-0.4, -0.2) is 29.1 Å². The number of carbonyl (C=O) groups excluding carboxylic acids is 2. The quantitative estimate of drug-likeness (QED) is 0.659. The Bertz CT molecular complexity index is 336. The highest BCUT2D eigenvalue weighted by atomic mass is 16.4. The molecule has 0 aliphatic heterocycles. The molecule has 3 N–H and O–H groups in total. The molecule has 0 aliphatic rings. The average Bonchev–Trinajstić information content (AvgIpc) is 2.22. The van der Waals surface area contributed by atoms with Crippen LogP contribution in [0.5, 0.6) is 0 Å². The maximum atomic E-state index is 11.6. The highest BCUT2D eigenvalue weighted by molar-refractivity contribution is 5.94. The van der Waals surface area contributed by atoms with E-state index >= 15 is 0 Å². The van der Waals surface area contributed by atoms with Crippen molar-refractivity contribution in [3.63, 3.8) is 0 Å². The van der Waals surface area contributed by atoms with Crippen molar-refractivity contribution in [3.8, 4) is 0 Å². The zero-order chi connectivity index (χ0) is 15.1. The lowest BCUT2D eigenvalue weighted by molar-refractivity contribution is -0.139. The third kappa shape index (κ3) is 8.18. The Morgan fingerprint density at radius 2 is 1.63 bits per heavy atom. The van der Waals surface area contributed by atoms with Crippen LogP contribution in [0.2, 0.25) is 0 Å². The van der Waals surface area contributed by atoms with E-state index in [1.54, 1.807) is 13.8 Å². The van der Waals surface area contributed by atoms with Crippen molar-refractivity contribution in [2.24, 2.45) is 5.41 Å². The Kier molecular flexibility index (Phi) is 7.11. The summed E-state index contributed by atoms with van der Waals surface area (Å²) in [7, 11) is 0. The minimum Gasteiger partial charge on any atom is -0.481 e. The van der Waals surface area contributed by atoms with E-state index in [1.165, 1.54) is 0 Å². The van der Waals surface area contributed by atoms with E-state index in [9.17, 15) is 14.4 Å². The molecule has 0 rings (SSSR count). The maximum absolute atomic E-state index is 11.6. The number of hydrogen-bond donors (Lipinski definition) is 3. The van der Waals surface area contributed by atoms with Crippen LogP contribution in [0, 0.1) is 5.41 Å². The summed E-state index contributed by atoms with van der Waals surface area (Å²) >= 11 is 0. The molecule has 110 valence electrons. The predicted molar refractivity (Wildman–Crippen MR) is 71.7 cm³/mol. The second kappa shape index (κ2) is 7.76. The summed E-state index contributed by atoms with van der Waals surface area (Å²) in [4.78, 5) is 33.8. The van der Waals surface area contributed by atoms with E-state index in [2.05, 4.69) is 10.6 Å². The van der Waals surface area contributed by atoms with E-state index in [1.807, 2.05) is 13.8 Å². The Hall–Kier alpha value is -1.59. The molecule has 0 spiro atoms. The first kappa shape index (κ1) is 17.4. The third-order valence-corrected chi connectivity index (χ3v) is 2.84. The van der Waals surface area contributed by atoms with Crippen LogP contribution in [0.25, 0.3) is 0 Å². The zero-order valence-electron chi connectivity index (χ0n) is 12.1. The van der Waals surface area contributed by atoms with Gasteiger partial charge in [0.15, 0.2) is 0 Å². The molecule has 0 aromatic carbocycles. The van der Waals surface area contributed by atoms with E-state index in [0.717, 1.165) is 12.8 Å². The fraction of sp³-hybridized carbons (Fsp3) is 0.769. The van der Waals surface area contributed by atoms with Crippen molar-refractivity contribution in [2.45, 2.75) is 59.4 Å². The first-order valence-corrected chi connectivity index (χ1v) is 6.52. The highest BCUT2D eigenvalue weighted by Crippen LogP contribution is 2.24. The molecule has 0 aromatic rings. The van der Waals surface area contributed by atoms with Gasteiger partial charge in [0.2, 0.25) is 5.91 Å². The van der Waals surface area contributed by atoms with Crippen molar-refractivity contribution >= 4 is 17.9 Å². The molecule has 6 heteroatoms. The summed E-state index contributed by atoms with van der Waals surface area (Å²) in [5.74, 6) is -1.42. The summed E-state index contributed by atoms with van der Waals surface area (Å²) in [6, 6.07) is -0.482. The predicted octanol–water partition coefficient (Wildman–Crippen LogP) is 1.89. The van der Waals surface area contributed by atoms with Gasteiger partial charge in [-0.1, -0.05) is 27.7 Å². The number of carboxylic acids is 1. The molecule has 0 unspecified atom stereocenters. The Morgan fingerprint density at radius 3 is 2.05 bits per heavy atom. The summed E-state index contributed by atoms with van der Waals surface area (Å²) in [5, 5.41) is 13.6. The van der Waals surface area contributed by atoms with E-state index < -0.39 is 23.3 Å². The zero-order valence-corrected chi connectivity index (χ0v) is 12.1. The molecule has 0 saturated heterocycles. The lowest BCUT2D eigenvalue weighted by atomic mass is 9.85. The number of hydrogen-bond acceptors (Lipinski definition) is 3. The number of urea groups is 1. The largest absolute Gasteiger partial charge is 0.481 e. The number of amides is 3. The topological polar surface area (TPSA) is 95.5 Å². The van der Waals surface area contributed by atoms with Gasteiger partial charge in [-0.15, -0.1) is 0 Å². The van der Waals surface area contributed by atoms with Crippen molar-refractivity contribution in [3.05, 3.63) is 0 Å². The van der Waals surface area contributed by atoms with Gasteiger partial charge in [-0.3, -0.25) is 14.9 Å². The number of rotatable bonds is 7. The van der Waals surface area contributed by atoms with Gasteiger partial charge in [0.1, 0.15) is 0 Å². The Balaban J connectivity index is 4.23. The maximum Gasteiger partial charge on any atom is 0.321 e. The van der Waals surface area contributed by atoms with E-state index in [0.29, 0.717) is 0 Å². The van der Waals surface area contributed by atoms with Gasteiger partial charge < -0.3 is 10.4 Å². The van der Waals surface area contributed by atoms with Crippen molar-refractivity contribution in [1.82, 2.24) is 10.6 Å². The highest BCUT2D eigenvalue weighted by Gasteiger charge is 2.26. The molecule has 0 bridgehead atoms. The fourth-order valence-corrected chi connectivity index (χ4v) is 1.79. The van der Waals surface area contributed by atoms with Crippen LogP contribution in [-0.2, 0) is 9.59 Å². The molecule has 0 saturated carbocycles.